The number of hydrogen-bond acceptors (Lipinski definition) is 3. The Morgan fingerprint density at radius 1 is 0.684 bits per heavy atom. The predicted octanol–water partition coefficient (Wildman–Crippen LogP) is 3.38. The van der Waals surface area contributed by atoms with Gasteiger partial charge in [0.25, 0.3) is 0 Å². The van der Waals surface area contributed by atoms with Crippen molar-refractivity contribution < 1.29 is 49.4 Å². The fourth-order valence-electron chi connectivity index (χ4n) is 0.444. The minimum atomic E-state index is -5.85. The van der Waals surface area contributed by atoms with E-state index in [1.54, 1.807) is 0 Å². The first-order chi connectivity index (χ1) is 8.05. The average Bonchev–Trinajstić information content (AvgIpc) is 2.13. The lowest BCUT2D eigenvalue weighted by Gasteiger charge is -2.22. The van der Waals surface area contributed by atoms with Gasteiger partial charge in [-0.25, -0.2) is 18.4 Å². The highest BCUT2D eigenvalue weighted by molar-refractivity contribution is 14.1. The first-order valence-electron chi connectivity index (χ1n) is 3.71. The number of carbonyl (C=O) groups excluding carboxylic acids is 2. The highest BCUT2D eigenvalue weighted by Crippen LogP contribution is 2.43. The fourth-order valence-corrected chi connectivity index (χ4v) is 0.664. The van der Waals surface area contributed by atoms with E-state index in [-0.39, 0.29) is 45.2 Å². The molecule has 0 aromatic rings. The van der Waals surface area contributed by atoms with Crippen LogP contribution in [0, 0.1) is 0 Å². The van der Waals surface area contributed by atoms with Crippen LogP contribution in [-0.2, 0) is 14.3 Å². The number of carbonyl (C=O) groups is 2. The van der Waals surface area contributed by atoms with Gasteiger partial charge in [-0.05, 0) is 45.2 Å². The molecule has 112 valence electrons. The molecule has 3 nitrogen and oxygen atoms in total. The van der Waals surface area contributed by atoms with Crippen LogP contribution >= 0.6 is 45.2 Å². The molecule has 2 unspecified atom stereocenters. The molecule has 0 aliphatic heterocycles. The average molecular weight is 526 g/mol. The molecule has 2 atom stereocenters. The van der Waals surface area contributed by atoms with Crippen LogP contribution in [0.25, 0.3) is 0 Å². The van der Waals surface area contributed by atoms with Crippen molar-refractivity contribution in [2.24, 2.45) is 0 Å². The van der Waals surface area contributed by atoms with Gasteiger partial charge in [-0.1, -0.05) is 0 Å². The van der Waals surface area contributed by atoms with Gasteiger partial charge in [0.05, 0.1) is 0 Å². The zero-order valence-corrected chi connectivity index (χ0v) is 12.3. The van der Waals surface area contributed by atoms with Crippen molar-refractivity contribution in [3.63, 3.8) is 0 Å². The van der Waals surface area contributed by atoms with Crippen molar-refractivity contribution in [2.45, 2.75) is 19.7 Å². The number of alkyl halides is 10. The standard InChI is InChI=1S/C6F8I2O3/c7-3(15,5(9,10)11)1(17)19-2(18)4(8,16)6(12,13)14. The lowest BCUT2D eigenvalue weighted by molar-refractivity contribution is -0.219. The molecule has 0 rings (SSSR count). The summed E-state index contributed by atoms with van der Waals surface area (Å²) in [6.45, 7) is 0. The third-order valence-electron chi connectivity index (χ3n) is 1.41. The van der Waals surface area contributed by atoms with Crippen LogP contribution in [0.4, 0.5) is 35.1 Å². The van der Waals surface area contributed by atoms with Crippen LogP contribution in [0.1, 0.15) is 0 Å². The molecule has 0 aromatic carbocycles. The Bertz CT molecular complexity index is 349. The van der Waals surface area contributed by atoms with E-state index in [1.165, 1.54) is 0 Å². The van der Waals surface area contributed by atoms with Crippen molar-refractivity contribution in [3.8, 4) is 0 Å². The maximum absolute atomic E-state index is 12.9. The summed E-state index contributed by atoms with van der Waals surface area (Å²) >= 11 is -0.267. The molecule has 0 saturated carbocycles. The lowest BCUT2D eigenvalue weighted by Crippen LogP contribution is -2.49. The topological polar surface area (TPSA) is 43.4 Å². The normalized spacial score (nSPS) is 19.3. The number of ether oxygens (including phenoxy) is 1. The van der Waals surface area contributed by atoms with E-state index in [0.717, 1.165) is 0 Å². The first kappa shape index (κ1) is 19.0. The molecular formula is C6F8I2O3. The van der Waals surface area contributed by atoms with E-state index in [1.807, 2.05) is 0 Å². The Morgan fingerprint density at radius 2 is 0.895 bits per heavy atom. The molecular weight excluding hydrogens is 526 g/mol. The van der Waals surface area contributed by atoms with Crippen molar-refractivity contribution in [3.05, 3.63) is 0 Å². The van der Waals surface area contributed by atoms with Gasteiger partial charge in [-0.3, -0.25) is 0 Å². The van der Waals surface area contributed by atoms with Crippen LogP contribution in [0.2, 0.25) is 0 Å². The largest absolute Gasteiger partial charge is 0.443 e. The molecule has 0 saturated heterocycles. The second-order valence-corrected chi connectivity index (χ2v) is 5.79. The van der Waals surface area contributed by atoms with E-state index < -0.39 is 31.6 Å². The van der Waals surface area contributed by atoms with Gasteiger partial charge in [0.2, 0.25) is 0 Å². The Labute approximate surface area is 126 Å². The number of rotatable bonds is 2. The van der Waals surface area contributed by atoms with Gasteiger partial charge in [0, 0.05) is 0 Å². The SMILES string of the molecule is O=C(OC(=O)C(F)(I)C(F)(F)F)C(F)(I)C(F)(F)F. The zero-order valence-electron chi connectivity index (χ0n) is 8.00. The Kier molecular flexibility index (Phi) is 5.45. The minimum absolute atomic E-state index is 0.134. The van der Waals surface area contributed by atoms with Gasteiger partial charge >= 0.3 is 31.6 Å². The van der Waals surface area contributed by atoms with Gasteiger partial charge < -0.3 is 4.74 Å². The Morgan fingerprint density at radius 3 is 1.05 bits per heavy atom. The van der Waals surface area contributed by atoms with E-state index >= 15 is 0 Å². The third-order valence-corrected chi connectivity index (χ3v) is 3.51. The summed E-state index contributed by atoms with van der Waals surface area (Å²) in [5.41, 5.74) is 0. The highest BCUT2D eigenvalue weighted by atomic mass is 127. The monoisotopic (exact) mass is 526 g/mol. The summed E-state index contributed by atoms with van der Waals surface area (Å²) in [5, 5.41) is 0. The maximum atomic E-state index is 12.9. The molecule has 19 heavy (non-hydrogen) atoms. The number of halogens is 10. The van der Waals surface area contributed by atoms with Crippen LogP contribution in [0.5, 0.6) is 0 Å². The van der Waals surface area contributed by atoms with Crippen molar-refractivity contribution in [1.82, 2.24) is 0 Å². The molecule has 0 amide bonds. The Hall–Kier alpha value is 0.0400. The highest BCUT2D eigenvalue weighted by Gasteiger charge is 2.66. The molecule has 0 heterocycles. The van der Waals surface area contributed by atoms with Crippen LogP contribution < -0.4 is 0 Å². The molecule has 13 heteroatoms. The number of esters is 2. The van der Waals surface area contributed by atoms with Crippen LogP contribution in [0.3, 0.4) is 0 Å². The number of hydrogen-bond donors (Lipinski definition) is 0. The second kappa shape index (κ2) is 5.44. The van der Waals surface area contributed by atoms with Crippen molar-refractivity contribution in [1.29, 1.82) is 0 Å². The Balaban J connectivity index is 5.11. The smallest absolute Gasteiger partial charge is 0.387 e. The molecule has 0 aliphatic carbocycles. The van der Waals surface area contributed by atoms with Crippen LogP contribution in [-0.4, -0.2) is 31.6 Å². The zero-order chi connectivity index (χ0) is 15.9. The quantitative estimate of drug-likeness (QED) is 0.183. The van der Waals surface area contributed by atoms with Crippen LogP contribution in [0.15, 0.2) is 0 Å². The van der Waals surface area contributed by atoms with Gasteiger partial charge in [-0.2, -0.15) is 26.3 Å². The summed E-state index contributed by atoms with van der Waals surface area (Å²) in [7, 11) is 0. The molecule has 0 N–H and O–H groups in total. The third kappa shape index (κ3) is 4.01. The first-order valence-corrected chi connectivity index (χ1v) is 5.86. The lowest BCUT2D eigenvalue weighted by atomic mass is 10.3. The second-order valence-electron chi connectivity index (χ2n) is 2.82. The summed E-state index contributed by atoms with van der Waals surface area (Å²) in [5.74, 6) is -6.01. The summed E-state index contributed by atoms with van der Waals surface area (Å²) in [6.07, 6.45) is -11.7. The van der Waals surface area contributed by atoms with E-state index in [4.69, 9.17) is 0 Å². The summed E-state index contributed by atoms with van der Waals surface area (Å²) in [4.78, 5) is 21.2. The molecule has 0 spiro atoms. The molecule has 0 radical (unpaired) electrons. The summed E-state index contributed by atoms with van der Waals surface area (Å²) in [6, 6.07) is 0. The van der Waals surface area contributed by atoms with E-state index in [0.29, 0.717) is 0 Å². The maximum Gasteiger partial charge on any atom is 0.443 e. The van der Waals surface area contributed by atoms with E-state index in [2.05, 4.69) is 4.74 Å². The van der Waals surface area contributed by atoms with Crippen molar-refractivity contribution in [2.75, 3.05) is 0 Å². The molecule has 0 aliphatic rings. The van der Waals surface area contributed by atoms with Gasteiger partial charge in [0.15, 0.2) is 0 Å². The minimum Gasteiger partial charge on any atom is -0.387 e. The molecule has 0 fully saturated rings. The van der Waals surface area contributed by atoms with E-state index in [9.17, 15) is 44.7 Å². The van der Waals surface area contributed by atoms with Crippen molar-refractivity contribution >= 4 is 57.1 Å². The van der Waals surface area contributed by atoms with Gasteiger partial charge in [0.1, 0.15) is 0 Å². The summed E-state index contributed by atoms with van der Waals surface area (Å²) < 4.78 is 90.8. The molecule has 0 aromatic heterocycles. The fraction of sp³-hybridized carbons (Fsp3) is 0.667. The molecule has 0 bridgehead atoms. The predicted molar refractivity (Wildman–Crippen MR) is 58.9 cm³/mol. The van der Waals surface area contributed by atoms with Gasteiger partial charge in [-0.15, -0.1) is 0 Å².